The first-order valence-electron chi connectivity index (χ1n) is 22.3. The lowest BCUT2D eigenvalue weighted by Gasteiger charge is -2.21. The molecule has 0 saturated carbocycles. The lowest BCUT2D eigenvalue weighted by molar-refractivity contribution is 0.660. The fourth-order valence-corrected chi connectivity index (χ4v) is 10.5. The molecule has 0 fully saturated rings. The van der Waals surface area contributed by atoms with Crippen molar-refractivity contribution in [2.24, 2.45) is 0 Å². The van der Waals surface area contributed by atoms with Gasteiger partial charge in [-0.1, -0.05) is 196 Å². The molecule has 13 rings (SSSR count). The highest BCUT2D eigenvalue weighted by atomic mass is 15.3. The summed E-state index contributed by atoms with van der Waals surface area (Å²) >= 11 is 0. The Morgan fingerprint density at radius 3 is 1.48 bits per heavy atom. The maximum Gasteiger partial charge on any atom is 0.240 e. The molecule has 3 aromatic heterocycles. The number of hydrogen-bond donors (Lipinski definition) is 0. The maximum atomic E-state index is 5.42. The zero-order chi connectivity index (χ0) is 43.2. The molecule has 12 aromatic rings. The van der Waals surface area contributed by atoms with Crippen LogP contribution in [0.25, 0.3) is 111 Å². The molecule has 0 spiro atoms. The average molecular weight is 832 g/mol. The Bertz CT molecular complexity index is 3800. The van der Waals surface area contributed by atoms with Gasteiger partial charge in [-0.2, -0.15) is 15.0 Å². The topological polar surface area (TPSA) is 48.5 Å². The van der Waals surface area contributed by atoms with Crippen molar-refractivity contribution in [1.29, 1.82) is 0 Å². The van der Waals surface area contributed by atoms with Crippen LogP contribution in [0.2, 0.25) is 0 Å². The summed E-state index contributed by atoms with van der Waals surface area (Å²) in [6.07, 6.45) is 0. The molecule has 0 N–H and O–H groups in total. The van der Waals surface area contributed by atoms with E-state index in [2.05, 4.69) is 235 Å². The molecule has 1 aliphatic rings. The standard InChI is InChI=1S/C60H41N5/c1-60(2)50-25-10-6-23-49(50)56-44(24-15-26-51(56)60)40-32-30-39(31-33-40)41-18-14-19-43(36-41)57-61-58(64-52-27-11-7-20-45(52)46-21-8-12-28-53(46)64)63-59(62-57)65-54-29-13-9-22-47(54)48-35-34-42(37-55(48)65)38-16-4-3-5-17-38/h3-37H,1-2H3. The number of hydrogen-bond acceptors (Lipinski definition) is 3. The van der Waals surface area contributed by atoms with E-state index in [1.54, 1.807) is 0 Å². The monoisotopic (exact) mass is 831 g/mol. The highest BCUT2D eigenvalue weighted by Gasteiger charge is 2.36. The number of nitrogens with zero attached hydrogens (tertiary/aromatic N) is 5. The molecule has 0 saturated heterocycles. The molecule has 0 bridgehead atoms. The fraction of sp³-hybridized carbons (Fsp3) is 0.0500. The van der Waals surface area contributed by atoms with Gasteiger partial charge in [0.2, 0.25) is 11.9 Å². The molecule has 5 nitrogen and oxygen atoms in total. The van der Waals surface area contributed by atoms with E-state index in [-0.39, 0.29) is 5.41 Å². The summed E-state index contributed by atoms with van der Waals surface area (Å²) in [6, 6.07) is 76.0. The summed E-state index contributed by atoms with van der Waals surface area (Å²) in [5, 5.41) is 4.57. The van der Waals surface area contributed by atoms with Crippen molar-refractivity contribution >= 4 is 43.6 Å². The van der Waals surface area contributed by atoms with E-state index in [0.29, 0.717) is 17.7 Å². The zero-order valence-corrected chi connectivity index (χ0v) is 35.9. The molecule has 0 atom stereocenters. The van der Waals surface area contributed by atoms with Crippen LogP contribution in [-0.2, 0) is 5.41 Å². The first-order chi connectivity index (χ1) is 32.0. The van der Waals surface area contributed by atoms with Gasteiger partial charge in [0, 0.05) is 32.5 Å². The third-order valence-corrected chi connectivity index (χ3v) is 13.6. The predicted octanol–water partition coefficient (Wildman–Crippen LogP) is 15.0. The molecule has 0 aliphatic heterocycles. The third-order valence-electron chi connectivity index (χ3n) is 13.6. The lowest BCUT2D eigenvalue weighted by Crippen LogP contribution is -2.14. The van der Waals surface area contributed by atoms with Crippen molar-refractivity contribution in [1.82, 2.24) is 24.1 Å². The van der Waals surface area contributed by atoms with Gasteiger partial charge in [-0.05, 0) is 86.0 Å². The molecule has 3 heterocycles. The summed E-state index contributed by atoms with van der Waals surface area (Å²) < 4.78 is 4.40. The third kappa shape index (κ3) is 5.75. The predicted molar refractivity (Wildman–Crippen MR) is 268 cm³/mol. The highest BCUT2D eigenvalue weighted by molar-refractivity contribution is 6.11. The van der Waals surface area contributed by atoms with Crippen LogP contribution >= 0.6 is 0 Å². The number of para-hydroxylation sites is 3. The van der Waals surface area contributed by atoms with Gasteiger partial charge in [0.05, 0.1) is 22.1 Å². The molecule has 0 unspecified atom stereocenters. The largest absolute Gasteiger partial charge is 0.278 e. The molecule has 1 aliphatic carbocycles. The molecule has 306 valence electrons. The lowest BCUT2D eigenvalue weighted by atomic mass is 9.82. The molecular weight excluding hydrogens is 791 g/mol. The van der Waals surface area contributed by atoms with Gasteiger partial charge >= 0.3 is 0 Å². The first-order valence-corrected chi connectivity index (χ1v) is 22.3. The quantitative estimate of drug-likeness (QED) is 0.168. The van der Waals surface area contributed by atoms with Crippen LogP contribution in [-0.4, -0.2) is 24.1 Å². The van der Waals surface area contributed by atoms with Gasteiger partial charge in [0.1, 0.15) is 0 Å². The molecule has 5 heteroatoms. The van der Waals surface area contributed by atoms with Crippen LogP contribution in [0.1, 0.15) is 25.0 Å². The second-order valence-electron chi connectivity index (χ2n) is 17.6. The van der Waals surface area contributed by atoms with Crippen LogP contribution in [0.3, 0.4) is 0 Å². The van der Waals surface area contributed by atoms with E-state index in [1.165, 1.54) is 33.4 Å². The summed E-state index contributed by atoms with van der Waals surface area (Å²) in [4.78, 5) is 16.2. The fourth-order valence-electron chi connectivity index (χ4n) is 10.5. The summed E-state index contributed by atoms with van der Waals surface area (Å²) in [6.45, 7) is 4.67. The van der Waals surface area contributed by atoms with Crippen LogP contribution in [0.4, 0.5) is 0 Å². The van der Waals surface area contributed by atoms with Gasteiger partial charge in [-0.25, -0.2) is 0 Å². The number of rotatable bonds is 6. The van der Waals surface area contributed by atoms with Gasteiger partial charge < -0.3 is 0 Å². The molecule has 9 aromatic carbocycles. The van der Waals surface area contributed by atoms with E-state index in [9.17, 15) is 0 Å². The van der Waals surface area contributed by atoms with Gasteiger partial charge in [-0.15, -0.1) is 0 Å². The van der Waals surface area contributed by atoms with Crippen LogP contribution in [0.15, 0.2) is 212 Å². The van der Waals surface area contributed by atoms with E-state index in [0.717, 1.165) is 71.4 Å². The minimum atomic E-state index is -0.0503. The number of aromatic nitrogens is 5. The van der Waals surface area contributed by atoms with Gasteiger partial charge in [-0.3, -0.25) is 9.13 Å². The zero-order valence-electron chi connectivity index (χ0n) is 35.9. The summed E-state index contributed by atoms with van der Waals surface area (Å²) in [5.41, 5.74) is 17.4. The Morgan fingerprint density at radius 1 is 0.323 bits per heavy atom. The van der Waals surface area contributed by atoms with Crippen LogP contribution in [0.5, 0.6) is 0 Å². The van der Waals surface area contributed by atoms with Crippen molar-refractivity contribution in [2.75, 3.05) is 0 Å². The van der Waals surface area contributed by atoms with Crippen molar-refractivity contribution in [2.45, 2.75) is 19.3 Å². The summed E-state index contributed by atoms with van der Waals surface area (Å²) in [7, 11) is 0. The van der Waals surface area contributed by atoms with Crippen molar-refractivity contribution in [3.8, 4) is 67.8 Å². The Hall–Kier alpha value is -8.41. The van der Waals surface area contributed by atoms with E-state index >= 15 is 0 Å². The van der Waals surface area contributed by atoms with Crippen molar-refractivity contribution < 1.29 is 0 Å². The normalized spacial score (nSPS) is 12.9. The van der Waals surface area contributed by atoms with Gasteiger partial charge in [0.15, 0.2) is 5.82 Å². The minimum absolute atomic E-state index is 0.0503. The summed E-state index contributed by atoms with van der Waals surface area (Å²) in [5.74, 6) is 1.71. The van der Waals surface area contributed by atoms with Crippen molar-refractivity contribution in [3.63, 3.8) is 0 Å². The maximum absolute atomic E-state index is 5.42. The molecule has 0 radical (unpaired) electrons. The SMILES string of the molecule is CC1(C)c2ccccc2-c2c(-c3ccc(-c4cccc(-c5nc(-n6c7ccccc7c7ccccc76)nc(-n6c7ccccc7c7ccc(-c8ccccc8)cc76)n5)c4)cc3)cccc21. The van der Waals surface area contributed by atoms with E-state index < -0.39 is 0 Å². The Balaban J connectivity index is 0.987. The Morgan fingerprint density at radius 2 is 0.785 bits per heavy atom. The smallest absolute Gasteiger partial charge is 0.240 e. The molecule has 65 heavy (non-hydrogen) atoms. The van der Waals surface area contributed by atoms with Crippen LogP contribution < -0.4 is 0 Å². The Labute approximate surface area is 376 Å². The molecular formula is C60H41N5. The number of benzene rings is 9. The minimum Gasteiger partial charge on any atom is -0.278 e. The highest BCUT2D eigenvalue weighted by Crippen LogP contribution is 2.52. The second kappa shape index (κ2) is 14.3. The second-order valence-corrected chi connectivity index (χ2v) is 17.6. The van der Waals surface area contributed by atoms with Gasteiger partial charge in [0.25, 0.3) is 0 Å². The van der Waals surface area contributed by atoms with E-state index in [4.69, 9.17) is 15.0 Å². The average Bonchev–Trinajstić information content (AvgIpc) is 3.97. The van der Waals surface area contributed by atoms with Crippen LogP contribution in [0, 0.1) is 0 Å². The van der Waals surface area contributed by atoms with Crippen molar-refractivity contribution in [3.05, 3.63) is 223 Å². The Kier molecular flexibility index (Phi) is 8.18. The molecule has 0 amide bonds. The van der Waals surface area contributed by atoms with E-state index in [1.807, 2.05) is 0 Å². The first kappa shape index (κ1) is 37.2. The number of fused-ring (bicyclic) bond motifs is 9.